The molecule has 0 fully saturated rings. The number of carbonyl (C=O) groups excluding carboxylic acids is 1. The average Bonchev–Trinajstić information content (AvgIpc) is 2.66. The third kappa shape index (κ3) is 3.12. The molecule has 1 atom stereocenters. The Morgan fingerprint density at radius 1 is 1.47 bits per heavy atom. The van der Waals surface area contributed by atoms with Crippen molar-refractivity contribution in [3.05, 3.63) is 30.1 Å². The van der Waals surface area contributed by atoms with Gasteiger partial charge in [-0.05, 0) is 26.0 Å². The van der Waals surface area contributed by atoms with E-state index in [0.717, 1.165) is 16.9 Å². The number of fused-ring (bicyclic) bond motifs is 1. The van der Waals surface area contributed by atoms with Crippen molar-refractivity contribution in [2.45, 2.75) is 26.4 Å². The Labute approximate surface area is 112 Å². The van der Waals surface area contributed by atoms with Gasteiger partial charge in [-0.25, -0.2) is 4.98 Å². The molecule has 1 amide bonds. The van der Waals surface area contributed by atoms with Crippen molar-refractivity contribution in [1.29, 1.82) is 0 Å². The van der Waals surface area contributed by atoms with Gasteiger partial charge in [-0.1, -0.05) is 12.1 Å². The van der Waals surface area contributed by atoms with Crippen molar-refractivity contribution in [3.63, 3.8) is 0 Å². The molecule has 1 aromatic carbocycles. The quantitative estimate of drug-likeness (QED) is 0.887. The standard InChI is InChI=1S/C14H19N3O2/c1-10(9-19-3)15-14(18)8-17-11(2)16-12-6-4-5-7-13(12)17/h4-7,10H,8-9H2,1-3H3,(H,15,18)/t10-/m0/s1. The number of imidazole rings is 1. The Bertz CT molecular complexity index is 577. The second kappa shape index (κ2) is 5.84. The molecule has 0 aliphatic rings. The number of aryl methyl sites for hydroxylation is 1. The number of nitrogens with zero attached hydrogens (tertiary/aromatic N) is 2. The van der Waals surface area contributed by atoms with Crippen LogP contribution in [0.4, 0.5) is 0 Å². The first kappa shape index (κ1) is 13.5. The van der Waals surface area contributed by atoms with Gasteiger partial charge in [0.1, 0.15) is 12.4 Å². The van der Waals surface area contributed by atoms with Crippen molar-refractivity contribution in [3.8, 4) is 0 Å². The highest BCUT2D eigenvalue weighted by atomic mass is 16.5. The molecule has 5 heteroatoms. The Hall–Kier alpha value is -1.88. The average molecular weight is 261 g/mol. The van der Waals surface area contributed by atoms with Crippen LogP contribution in [0, 0.1) is 6.92 Å². The normalized spacial score (nSPS) is 12.6. The van der Waals surface area contributed by atoms with Crippen LogP contribution >= 0.6 is 0 Å². The second-order valence-electron chi connectivity index (χ2n) is 4.66. The summed E-state index contributed by atoms with van der Waals surface area (Å²) in [7, 11) is 1.62. The van der Waals surface area contributed by atoms with Gasteiger partial charge in [-0.2, -0.15) is 0 Å². The highest BCUT2D eigenvalue weighted by Gasteiger charge is 2.12. The van der Waals surface area contributed by atoms with Crippen molar-refractivity contribution in [1.82, 2.24) is 14.9 Å². The third-order valence-corrected chi connectivity index (χ3v) is 2.97. The highest BCUT2D eigenvalue weighted by Crippen LogP contribution is 2.14. The molecule has 0 aliphatic heterocycles. The minimum atomic E-state index is -0.0317. The molecule has 19 heavy (non-hydrogen) atoms. The number of methoxy groups -OCH3 is 1. The minimum absolute atomic E-state index is 0.00703. The molecule has 0 radical (unpaired) electrons. The van der Waals surface area contributed by atoms with Crippen LogP contribution in [-0.4, -0.2) is 35.2 Å². The molecule has 0 bridgehead atoms. The van der Waals surface area contributed by atoms with E-state index >= 15 is 0 Å². The molecule has 1 aromatic heterocycles. The first-order chi connectivity index (χ1) is 9.11. The van der Waals surface area contributed by atoms with Gasteiger partial charge in [-0.15, -0.1) is 0 Å². The van der Waals surface area contributed by atoms with E-state index in [4.69, 9.17) is 4.74 Å². The van der Waals surface area contributed by atoms with Crippen LogP contribution in [0.1, 0.15) is 12.7 Å². The maximum absolute atomic E-state index is 12.0. The summed E-state index contributed by atoms with van der Waals surface area (Å²) in [5.41, 5.74) is 1.90. The molecule has 0 spiro atoms. The van der Waals surface area contributed by atoms with E-state index in [0.29, 0.717) is 6.61 Å². The Morgan fingerprint density at radius 2 is 2.21 bits per heavy atom. The van der Waals surface area contributed by atoms with E-state index in [2.05, 4.69) is 10.3 Å². The molecule has 0 unspecified atom stereocenters. The van der Waals surface area contributed by atoms with Gasteiger partial charge in [0, 0.05) is 13.2 Å². The zero-order valence-electron chi connectivity index (χ0n) is 11.5. The molecule has 0 aliphatic carbocycles. The SMILES string of the molecule is COC[C@H](C)NC(=O)Cn1c(C)nc2ccccc21. The van der Waals surface area contributed by atoms with Gasteiger partial charge in [-0.3, -0.25) is 4.79 Å². The first-order valence-electron chi connectivity index (χ1n) is 6.32. The zero-order chi connectivity index (χ0) is 13.8. The Kier molecular flexibility index (Phi) is 4.16. The minimum Gasteiger partial charge on any atom is -0.383 e. The van der Waals surface area contributed by atoms with E-state index in [1.807, 2.05) is 42.7 Å². The third-order valence-electron chi connectivity index (χ3n) is 2.97. The summed E-state index contributed by atoms with van der Waals surface area (Å²) in [6, 6.07) is 7.82. The molecule has 0 saturated carbocycles. The summed E-state index contributed by atoms with van der Waals surface area (Å²) >= 11 is 0. The Morgan fingerprint density at radius 3 is 2.95 bits per heavy atom. The number of rotatable bonds is 5. The van der Waals surface area contributed by atoms with Crippen molar-refractivity contribution >= 4 is 16.9 Å². The number of ether oxygens (including phenoxy) is 1. The maximum atomic E-state index is 12.0. The van der Waals surface area contributed by atoms with Gasteiger partial charge in [0.05, 0.1) is 17.6 Å². The van der Waals surface area contributed by atoms with Gasteiger partial charge in [0.2, 0.25) is 5.91 Å². The molecule has 2 aromatic rings. The molecule has 1 heterocycles. The summed E-state index contributed by atoms with van der Waals surface area (Å²) in [4.78, 5) is 16.4. The number of para-hydroxylation sites is 2. The lowest BCUT2D eigenvalue weighted by Crippen LogP contribution is -2.37. The zero-order valence-corrected chi connectivity index (χ0v) is 11.5. The fourth-order valence-corrected chi connectivity index (χ4v) is 2.15. The summed E-state index contributed by atoms with van der Waals surface area (Å²) in [5.74, 6) is 0.812. The molecule has 102 valence electrons. The number of hydrogen-bond donors (Lipinski definition) is 1. The fraction of sp³-hybridized carbons (Fsp3) is 0.429. The lowest BCUT2D eigenvalue weighted by Gasteiger charge is -2.13. The number of amides is 1. The number of hydrogen-bond acceptors (Lipinski definition) is 3. The molecule has 2 rings (SSSR count). The summed E-state index contributed by atoms with van der Waals surface area (Å²) in [5, 5.41) is 2.90. The predicted molar refractivity (Wildman–Crippen MR) is 74.0 cm³/mol. The van der Waals surface area contributed by atoms with Crippen LogP contribution < -0.4 is 5.32 Å². The number of benzene rings is 1. The lowest BCUT2D eigenvalue weighted by atomic mass is 10.3. The Balaban J connectivity index is 2.13. The second-order valence-corrected chi connectivity index (χ2v) is 4.66. The molecule has 0 saturated heterocycles. The number of carbonyl (C=O) groups is 1. The van der Waals surface area contributed by atoms with E-state index in [9.17, 15) is 4.79 Å². The van der Waals surface area contributed by atoms with Crippen LogP contribution in [-0.2, 0) is 16.1 Å². The maximum Gasteiger partial charge on any atom is 0.240 e. The van der Waals surface area contributed by atoms with E-state index in [1.165, 1.54) is 0 Å². The highest BCUT2D eigenvalue weighted by molar-refractivity contribution is 5.81. The van der Waals surface area contributed by atoms with Crippen molar-refractivity contribution in [2.75, 3.05) is 13.7 Å². The summed E-state index contributed by atoms with van der Waals surface area (Å²) in [6.07, 6.45) is 0. The fourth-order valence-electron chi connectivity index (χ4n) is 2.15. The topological polar surface area (TPSA) is 56.1 Å². The molecule has 5 nitrogen and oxygen atoms in total. The van der Waals surface area contributed by atoms with Crippen LogP contribution in [0.3, 0.4) is 0 Å². The molecular weight excluding hydrogens is 242 g/mol. The lowest BCUT2D eigenvalue weighted by molar-refractivity contribution is -0.122. The summed E-state index contributed by atoms with van der Waals surface area (Å²) in [6.45, 7) is 4.61. The van der Waals surface area contributed by atoms with Crippen LogP contribution in [0.5, 0.6) is 0 Å². The van der Waals surface area contributed by atoms with Gasteiger partial charge in [0.25, 0.3) is 0 Å². The molecular formula is C14H19N3O2. The number of aromatic nitrogens is 2. The van der Waals surface area contributed by atoms with Gasteiger partial charge < -0.3 is 14.6 Å². The van der Waals surface area contributed by atoms with Crippen LogP contribution in [0.2, 0.25) is 0 Å². The van der Waals surface area contributed by atoms with Crippen LogP contribution in [0.25, 0.3) is 11.0 Å². The first-order valence-corrected chi connectivity index (χ1v) is 6.32. The van der Waals surface area contributed by atoms with Gasteiger partial charge in [0.15, 0.2) is 0 Å². The number of nitrogens with one attached hydrogen (secondary N) is 1. The smallest absolute Gasteiger partial charge is 0.240 e. The monoisotopic (exact) mass is 261 g/mol. The van der Waals surface area contributed by atoms with E-state index < -0.39 is 0 Å². The van der Waals surface area contributed by atoms with Crippen molar-refractivity contribution < 1.29 is 9.53 Å². The van der Waals surface area contributed by atoms with E-state index in [-0.39, 0.29) is 18.5 Å². The van der Waals surface area contributed by atoms with Crippen LogP contribution in [0.15, 0.2) is 24.3 Å². The van der Waals surface area contributed by atoms with Gasteiger partial charge >= 0.3 is 0 Å². The molecule has 1 N–H and O–H groups in total. The summed E-state index contributed by atoms with van der Waals surface area (Å²) < 4.78 is 6.92. The van der Waals surface area contributed by atoms with E-state index in [1.54, 1.807) is 7.11 Å². The predicted octanol–water partition coefficient (Wildman–Crippen LogP) is 1.50. The van der Waals surface area contributed by atoms with Crippen molar-refractivity contribution in [2.24, 2.45) is 0 Å². The largest absolute Gasteiger partial charge is 0.383 e.